The quantitative estimate of drug-likeness (QED) is 0.558. The van der Waals surface area contributed by atoms with Crippen LogP contribution in [0.25, 0.3) is 0 Å². The summed E-state index contributed by atoms with van der Waals surface area (Å²) in [5.41, 5.74) is 1.01. The molecule has 7 nitrogen and oxygen atoms in total. The van der Waals surface area contributed by atoms with Gasteiger partial charge in [-0.1, -0.05) is 0 Å². The largest absolute Gasteiger partial charge is 0.490 e. The number of β-amino-alcohol motifs (C(OH)–C–C–N with tert-alkyl or cyclic N) is 1. The monoisotopic (exact) mass is 282 g/mol. The molecular weight excluding hydrogens is 262 g/mol. The number of rotatable bonds is 5. The van der Waals surface area contributed by atoms with E-state index in [4.69, 9.17) is 9.84 Å². The molecule has 0 aromatic heterocycles. The van der Waals surface area contributed by atoms with Gasteiger partial charge in [-0.25, -0.2) is 0 Å². The van der Waals surface area contributed by atoms with Crippen molar-refractivity contribution < 1.29 is 19.7 Å². The van der Waals surface area contributed by atoms with Gasteiger partial charge in [0.25, 0.3) is 0 Å². The van der Waals surface area contributed by atoms with E-state index in [0.717, 1.165) is 31.9 Å². The lowest BCUT2D eigenvalue weighted by Crippen LogP contribution is -3.10. The minimum atomic E-state index is -0.433. The summed E-state index contributed by atoms with van der Waals surface area (Å²) in [6.45, 7) is 4.55. The Morgan fingerprint density at radius 2 is 2.15 bits per heavy atom. The molecule has 0 radical (unpaired) electrons. The van der Waals surface area contributed by atoms with E-state index in [-0.39, 0.29) is 12.3 Å². The van der Waals surface area contributed by atoms with Crippen molar-refractivity contribution >= 4 is 11.4 Å². The van der Waals surface area contributed by atoms with Crippen LogP contribution in [0.2, 0.25) is 0 Å². The molecule has 2 rings (SSSR count). The van der Waals surface area contributed by atoms with Crippen molar-refractivity contribution in [2.24, 2.45) is 0 Å². The standard InChI is InChI=1S/C13H19N3O4/c1-20-13-10-11(2-3-12(13)16(18)19)15-6-4-14(5-7-15)8-9-17/h2-3,10,17H,4-9H2,1H3/p+1. The second kappa shape index (κ2) is 6.65. The number of nitrogens with zero attached hydrogens (tertiary/aromatic N) is 2. The molecule has 1 saturated heterocycles. The molecular formula is C13H20N3O4+. The molecule has 0 amide bonds. The van der Waals surface area contributed by atoms with Crippen molar-refractivity contribution in [3.05, 3.63) is 28.3 Å². The van der Waals surface area contributed by atoms with Gasteiger partial charge in [0, 0.05) is 37.8 Å². The number of aliphatic hydroxyl groups excluding tert-OH is 1. The van der Waals surface area contributed by atoms with Gasteiger partial charge in [-0.2, -0.15) is 0 Å². The molecule has 0 saturated carbocycles. The van der Waals surface area contributed by atoms with Gasteiger partial charge in [0.1, 0.15) is 5.69 Å². The first-order chi connectivity index (χ1) is 9.65. The minimum Gasteiger partial charge on any atom is -0.490 e. The Morgan fingerprint density at radius 1 is 1.45 bits per heavy atom. The van der Waals surface area contributed by atoms with Crippen LogP contribution in [0.5, 0.6) is 5.75 Å². The smallest absolute Gasteiger partial charge is 0.311 e. The number of nitro benzene ring substituents is 1. The molecule has 110 valence electrons. The number of nitrogens with one attached hydrogen (secondary N) is 1. The lowest BCUT2D eigenvalue weighted by atomic mass is 10.2. The predicted octanol–water partition coefficient (Wildman–Crippen LogP) is -0.572. The van der Waals surface area contributed by atoms with Crippen LogP contribution in [-0.4, -0.2) is 61.4 Å². The number of quaternary nitrogens is 1. The van der Waals surface area contributed by atoms with E-state index in [1.807, 2.05) is 0 Å². The second-order valence-electron chi connectivity index (χ2n) is 4.81. The molecule has 1 aromatic rings. The van der Waals surface area contributed by atoms with Crippen molar-refractivity contribution in [2.75, 3.05) is 46.4 Å². The number of ether oxygens (including phenoxy) is 1. The molecule has 1 aromatic carbocycles. The maximum absolute atomic E-state index is 10.9. The lowest BCUT2D eigenvalue weighted by molar-refractivity contribution is -0.838. The lowest BCUT2D eigenvalue weighted by Gasteiger charge is -2.31. The summed E-state index contributed by atoms with van der Waals surface area (Å²) in [7, 11) is 1.45. The summed E-state index contributed by atoms with van der Waals surface area (Å²) in [4.78, 5) is 13.9. The average molecular weight is 282 g/mol. The highest BCUT2D eigenvalue weighted by Crippen LogP contribution is 2.28. The summed E-state index contributed by atoms with van der Waals surface area (Å²) < 4.78 is 5.10. The zero-order chi connectivity index (χ0) is 14.5. The molecule has 0 bridgehead atoms. The number of hydrogen-bond acceptors (Lipinski definition) is 5. The number of nitro groups is 1. The number of methoxy groups -OCH3 is 1. The summed E-state index contributed by atoms with van der Waals surface area (Å²) in [6, 6.07) is 5.04. The highest BCUT2D eigenvalue weighted by atomic mass is 16.6. The van der Waals surface area contributed by atoms with Crippen molar-refractivity contribution in [1.29, 1.82) is 0 Å². The van der Waals surface area contributed by atoms with E-state index in [9.17, 15) is 10.1 Å². The molecule has 0 atom stereocenters. The molecule has 1 fully saturated rings. The number of aliphatic hydroxyl groups is 1. The van der Waals surface area contributed by atoms with Gasteiger partial charge in [-0.05, 0) is 0 Å². The number of hydrogen-bond donors (Lipinski definition) is 2. The third kappa shape index (κ3) is 3.24. The van der Waals surface area contributed by atoms with Crippen LogP contribution in [-0.2, 0) is 0 Å². The fourth-order valence-electron chi connectivity index (χ4n) is 2.53. The first kappa shape index (κ1) is 14.7. The Balaban J connectivity index is 2.08. The highest BCUT2D eigenvalue weighted by molar-refractivity contribution is 5.52. The van der Waals surface area contributed by atoms with Crippen LogP contribution in [0.15, 0.2) is 18.2 Å². The Morgan fingerprint density at radius 3 is 2.70 bits per heavy atom. The normalized spacial score (nSPS) is 17.1. The second-order valence-corrected chi connectivity index (χ2v) is 4.81. The first-order valence-corrected chi connectivity index (χ1v) is 6.66. The van der Waals surface area contributed by atoms with Crippen LogP contribution in [0.1, 0.15) is 0 Å². The first-order valence-electron chi connectivity index (χ1n) is 6.66. The van der Waals surface area contributed by atoms with E-state index >= 15 is 0 Å². The minimum absolute atomic E-state index is 0.00503. The van der Waals surface area contributed by atoms with E-state index < -0.39 is 4.92 Å². The molecule has 20 heavy (non-hydrogen) atoms. The van der Waals surface area contributed by atoms with Crippen molar-refractivity contribution in [2.45, 2.75) is 0 Å². The van der Waals surface area contributed by atoms with Gasteiger partial charge in [-0.3, -0.25) is 15.0 Å². The maximum Gasteiger partial charge on any atom is 0.311 e. The van der Waals surface area contributed by atoms with Crippen LogP contribution in [0.4, 0.5) is 11.4 Å². The predicted molar refractivity (Wildman–Crippen MR) is 73.5 cm³/mol. The Labute approximate surface area is 117 Å². The van der Waals surface area contributed by atoms with Crippen LogP contribution in [0, 0.1) is 10.1 Å². The molecule has 1 aliphatic heterocycles. The maximum atomic E-state index is 10.9. The summed E-state index contributed by atoms with van der Waals surface area (Å²) in [5.74, 6) is 0.304. The summed E-state index contributed by atoms with van der Waals surface area (Å²) in [5, 5.41) is 19.8. The van der Waals surface area contributed by atoms with Crippen LogP contribution in [0.3, 0.4) is 0 Å². The van der Waals surface area contributed by atoms with Crippen LogP contribution >= 0.6 is 0 Å². The topological polar surface area (TPSA) is 80.3 Å². The van der Waals surface area contributed by atoms with Gasteiger partial charge in [0.05, 0.1) is 31.7 Å². The Kier molecular flexibility index (Phi) is 4.89. The van der Waals surface area contributed by atoms with Gasteiger partial charge in [-0.15, -0.1) is 0 Å². The van der Waals surface area contributed by atoms with Gasteiger partial charge < -0.3 is 14.7 Å². The summed E-state index contributed by atoms with van der Waals surface area (Å²) >= 11 is 0. The molecule has 1 heterocycles. The zero-order valence-electron chi connectivity index (χ0n) is 11.5. The Bertz CT molecular complexity index is 473. The van der Waals surface area contributed by atoms with Gasteiger partial charge >= 0.3 is 5.69 Å². The third-order valence-corrected chi connectivity index (χ3v) is 3.66. The molecule has 0 aliphatic carbocycles. The van der Waals surface area contributed by atoms with E-state index in [0.29, 0.717) is 12.3 Å². The van der Waals surface area contributed by atoms with Crippen LogP contribution < -0.4 is 9.64 Å². The molecule has 0 spiro atoms. The number of benzene rings is 1. The number of piperazine rings is 1. The van der Waals surface area contributed by atoms with Gasteiger partial charge in [0.15, 0.2) is 0 Å². The SMILES string of the molecule is COc1cc([NH+]2CCN(CCO)CC2)ccc1[N+](=O)[O-]. The molecule has 2 N–H and O–H groups in total. The Hall–Kier alpha value is -1.70. The van der Waals surface area contributed by atoms with Gasteiger partial charge in [0.2, 0.25) is 5.75 Å². The molecule has 7 heteroatoms. The fraction of sp³-hybridized carbons (Fsp3) is 0.538. The highest BCUT2D eigenvalue weighted by Gasteiger charge is 2.24. The zero-order valence-corrected chi connectivity index (χ0v) is 11.5. The van der Waals surface area contributed by atoms with E-state index in [1.54, 1.807) is 12.1 Å². The fourth-order valence-corrected chi connectivity index (χ4v) is 2.53. The molecule has 0 unspecified atom stereocenters. The molecule has 1 aliphatic rings. The van der Waals surface area contributed by atoms with Crippen molar-refractivity contribution in [3.63, 3.8) is 0 Å². The van der Waals surface area contributed by atoms with E-state index in [2.05, 4.69) is 4.90 Å². The van der Waals surface area contributed by atoms with Crippen molar-refractivity contribution in [1.82, 2.24) is 4.90 Å². The average Bonchev–Trinajstić information content (AvgIpc) is 2.47. The van der Waals surface area contributed by atoms with Crippen molar-refractivity contribution in [3.8, 4) is 5.75 Å². The van der Waals surface area contributed by atoms with E-state index in [1.165, 1.54) is 18.1 Å². The third-order valence-electron chi connectivity index (χ3n) is 3.66. The summed E-state index contributed by atoms with van der Waals surface area (Å²) in [6.07, 6.45) is 0.